The summed E-state index contributed by atoms with van der Waals surface area (Å²) in [6, 6.07) is 9.41. The summed E-state index contributed by atoms with van der Waals surface area (Å²) < 4.78 is 25.9. The van der Waals surface area contributed by atoms with E-state index >= 15 is 0 Å². The molecule has 0 radical (unpaired) electrons. The Morgan fingerprint density at radius 1 is 1.26 bits per heavy atom. The highest BCUT2D eigenvalue weighted by molar-refractivity contribution is 7.84. The molecule has 0 aliphatic carbocycles. The van der Waals surface area contributed by atoms with Crippen LogP contribution in [0.1, 0.15) is 11.1 Å². The zero-order chi connectivity index (χ0) is 14.0. The van der Waals surface area contributed by atoms with Crippen molar-refractivity contribution in [3.8, 4) is 0 Å². The third kappa shape index (κ3) is 3.33. The Morgan fingerprint density at radius 2 is 2.00 bits per heavy atom. The maximum absolute atomic E-state index is 13.6. The molecule has 0 saturated heterocycles. The summed E-state index contributed by atoms with van der Waals surface area (Å²) in [5, 5.41) is 0.433. The average molecular weight is 298 g/mol. The monoisotopic (exact) mass is 297 g/mol. The van der Waals surface area contributed by atoms with Gasteiger partial charge in [-0.15, -0.1) is 0 Å². The van der Waals surface area contributed by atoms with E-state index in [0.29, 0.717) is 21.2 Å². The van der Waals surface area contributed by atoms with Crippen LogP contribution in [0.15, 0.2) is 41.3 Å². The Morgan fingerprint density at radius 3 is 2.68 bits per heavy atom. The third-order valence-corrected chi connectivity index (χ3v) is 4.50. The molecule has 2 aromatic carbocycles. The highest BCUT2D eigenvalue weighted by Crippen LogP contribution is 2.22. The summed E-state index contributed by atoms with van der Waals surface area (Å²) in [5.41, 5.74) is 7.45. The molecule has 0 heterocycles. The molecule has 100 valence electrons. The second-order valence-electron chi connectivity index (χ2n) is 4.25. The van der Waals surface area contributed by atoms with Gasteiger partial charge >= 0.3 is 0 Å². The van der Waals surface area contributed by atoms with Crippen molar-refractivity contribution < 1.29 is 8.60 Å². The lowest BCUT2D eigenvalue weighted by atomic mass is 10.2. The van der Waals surface area contributed by atoms with Crippen molar-refractivity contribution in [3.05, 3.63) is 58.4 Å². The molecule has 19 heavy (non-hydrogen) atoms. The summed E-state index contributed by atoms with van der Waals surface area (Å²) >= 11 is 5.82. The van der Waals surface area contributed by atoms with Gasteiger partial charge in [-0.1, -0.05) is 11.6 Å². The molecule has 2 rings (SSSR count). The van der Waals surface area contributed by atoms with E-state index in [1.807, 2.05) is 6.92 Å². The molecule has 0 aliphatic heterocycles. The van der Waals surface area contributed by atoms with Gasteiger partial charge in [0.25, 0.3) is 0 Å². The maximum atomic E-state index is 13.6. The molecule has 0 saturated carbocycles. The van der Waals surface area contributed by atoms with Crippen LogP contribution >= 0.6 is 11.6 Å². The minimum atomic E-state index is -1.33. The molecule has 2 nitrogen and oxygen atoms in total. The Balaban J connectivity index is 2.28. The Kier molecular flexibility index (Phi) is 4.22. The van der Waals surface area contributed by atoms with Crippen LogP contribution in [0.5, 0.6) is 0 Å². The van der Waals surface area contributed by atoms with Crippen molar-refractivity contribution in [2.24, 2.45) is 0 Å². The Bertz CT molecular complexity index is 645. The number of hydrogen-bond acceptors (Lipinski definition) is 2. The molecule has 0 bridgehead atoms. The number of nitrogens with two attached hydrogens (primary N) is 1. The summed E-state index contributed by atoms with van der Waals surface area (Å²) in [5.74, 6) is -0.303. The fourth-order valence-electron chi connectivity index (χ4n) is 1.80. The molecule has 0 amide bonds. The lowest BCUT2D eigenvalue weighted by molar-refractivity contribution is 0.615. The van der Waals surface area contributed by atoms with Crippen LogP contribution in [0, 0.1) is 12.7 Å². The molecule has 1 atom stereocenters. The predicted molar refractivity (Wildman–Crippen MR) is 77.1 cm³/mol. The van der Waals surface area contributed by atoms with Crippen molar-refractivity contribution in [1.29, 1.82) is 0 Å². The van der Waals surface area contributed by atoms with Crippen molar-refractivity contribution in [2.75, 3.05) is 5.73 Å². The van der Waals surface area contributed by atoms with E-state index in [-0.39, 0.29) is 5.75 Å². The van der Waals surface area contributed by atoms with Crippen molar-refractivity contribution in [1.82, 2.24) is 0 Å². The first-order valence-electron chi connectivity index (χ1n) is 5.66. The summed E-state index contributed by atoms with van der Waals surface area (Å²) in [6.07, 6.45) is 0. The second-order valence-corrected chi connectivity index (χ2v) is 6.11. The quantitative estimate of drug-likeness (QED) is 0.878. The molecule has 1 unspecified atom stereocenters. The van der Waals surface area contributed by atoms with Crippen LogP contribution in [0.3, 0.4) is 0 Å². The van der Waals surface area contributed by atoms with Crippen LogP contribution in [-0.2, 0) is 16.6 Å². The number of aryl methyl sites for hydroxylation is 1. The highest BCUT2D eigenvalue weighted by Gasteiger charge is 2.12. The number of benzene rings is 2. The van der Waals surface area contributed by atoms with Gasteiger partial charge in [0.15, 0.2) is 0 Å². The molecular weight excluding hydrogens is 285 g/mol. The normalized spacial score (nSPS) is 12.4. The smallest absolute Gasteiger partial charge is 0.127 e. The molecule has 2 N–H and O–H groups in total. The Labute approximate surface area is 118 Å². The standard InChI is InChI=1S/C14H13ClFNOS/c1-9-6-12(17)3-5-14(9)19(18)8-10-7-11(15)2-4-13(10)16/h2-7H,8,17H2,1H3. The van der Waals surface area contributed by atoms with Crippen molar-refractivity contribution in [3.63, 3.8) is 0 Å². The molecule has 0 aromatic heterocycles. The zero-order valence-corrected chi connectivity index (χ0v) is 11.9. The first-order chi connectivity index (χ1) is 8.97. The number of hydrogen-bond donors (Lipinski definition) is 1. The number of halogens is 2. The first-order valence-corrected chi connectivity index (χ1v) is 7.35. The number of anilines is 1. The maximum Gasteiger partial charge on any atom is 0.127 e. The average Bonchev–Trinajstić information content (AvgIpc) is 2.33. The fraction of sp³-hybridized carbons (Fsp3) is 0.143. The molecule has 0 fully saturated rings. The molecule has 0 spiro atoms. The Hall–Kier alpha value is -1.39. The van der Waals surface area contributed by atoms with Gasteiger partial charge in [-0.2, -0.15) is 0 Å². The summed E-state index contributed by atoms with van der Waals surface area (Å²) in [7, 11) is -1.33. The van der Waals surface area contributed by atoms with Gasteiger partial charge in [-0.05, 0) is 48.9 Å². The zero-order valence-electron chi connectivity index (χ0n) is 10.3. The minimum absolute atomic E-state index is 0.0944. The van der Waals surface area contributed by atoms with E-state index in [4.69, 9.17) is 17.3 Å². The third-order valence-electron chi connectivity index (χ3n) is 2.74. The minimum Gasteiger partial charge on any atom is -0.399 e. The first kappa shape index (κ1) is 14.0. The van der Waals surface area contributed by atoms with Gasteiger partial charge in [0.2, 0.25) is 0 Å². The van der Waals surface area contributed by atoms with E-state index in [9.17, 15) is 8.60 Å². The van der Waals surface area contributed by atoms with Crippen LogP contribution in [-0.4, -0.2) is 4.21 Å². The topological polar surface area (TPSA) is 43.1 Å². The van der Waals surface area contributed by atoms with Gasteiger partial charge < -0.3 is 5.73 Å². The van der Waals surface area contributed by atoms with Gasteiger partial charge in [-0.25, -0.2) is 4.39 Å². The van der Waals surface area contributed by atoms with Crippen LogP contribution in [0.4, 0.5) is 10.1 Å². The second kappa shape index (κ2) is 5.72. The molecule has 0 aliphatic rings. The number of rotatable bonds is 3. The van der Waals surface area contributed by atoms with E-state index in [1.165, 1.54) is 18.2 Å². The van der Waals surface area contributed by atoms with Gasteiger partial charge in [0.05, 0.1) is 16.6 Å². The van der Waals surface area contributed by atoms with E-state index in [2.05, 4.69) is 0 Å². The van der Waals surface area contributed by atoms with E-state index < -0.39 is 16.6 Å². The van der Waals surface area contributed by atoms with Gasteiger partial charge in [0, 0.05) is 21.2 Å². The highest BCUT2D eigenvalue weighted by atomic mass is 35.5. The molecular formula is C14H13ClFNOS. The van der Waals surface area contributed by atoms with Crippen LogP contribution in [0.25, 0.3) is 0 Å². The SMILES string of the molecule is Cc1cc(N)ccc1S(=O)Cc1cc(Cl)ccc1F. The largest absolute Gasteiger partial charge is 0.399 e. The van der Waals surface area contributed by atoms with Crippen molar-refractivity contribution >= 4 is 28.1 Å². The fourth-order valence-corrected chi connectivity index (χ4v) is 3.29. The predicted octanol–water partition coefficient (Wildman–Crippen LogP) is 3.68. The number of nitrogen functional groups attached to an aromatic ring is 1. The lowest BCUT2D eigenvalue weighted by Gasteiger charge is -2.08. The summed E-state index contributed by atoms with van der Waals surface area (Å²) in [6.45, 7) is 1.83. The summed E-state index contributed by atoms with van der Waals surface area (Å²) in [4.78, 5) is 0.661. The van der Waals surface area contributed by atoms with Crippen molar-refractivity contribution in [2.45, 2.75) is 17.6 Å². The van der Waals surface area contributed by atoms with Gasteiger partial charge in [0.1, 0.15) is 5.82 Å². The molecule has 2 aromatic rings. The lowest BCUT2D eigenvalue weighted by Crippen LogP contribution is -2.01. The van der Waals surface area contributed by atoms with Crippen LogP contribution < -0.4 is 5.73 Å². The van der Waals surface area contributed by atoms with Crippen LogP contribution in [0.2, 0.25) is 5.02 Å². The van der Waals surface area contributed by atoms with E-state index in [0.717, 1.165) is 5.56 Å². The van der Waals surface area contributed by atoms with Gasteiger partial charge in [-0.3, -0.25) is 4.21 Å². The molecule has 5 heteroatoms. The van der Waals surface area contributed by atoms with E-state index in [1.54, 1.807) is 18.2 Å².